The number of hydrazone groups is 1. The lowest BCUT2D eigenvalue weighted by Crippen LogP contribution is -2.38. The van der Waals surface area contributed by atoms with Gasteiger partial charge in [0.25, 0.3) is 5.91 Å². The zero-order valence-corrected chi connectivity index (χ0v) is 20.8. The van der Waals surface area contributed by atoms with Crippen LogP contribution >= 0.6 is 12.4 Å². The van der Waals surface area contributed by atoms with E-state index in [1.165, 1.54) is 11.1 Å². The summed E-state index contributed by atoms with van der Waals surface area (Å²) >= 11 is 0. The molecule has 2 aromatic heterocycles. The summed E-state index contributed by atoms with van der Waals surface area (Å²) in [5.74, 6) is 0.554. The van der Waals surface area contributed by atoms with E-state index in [4.69, 9.17) is 15.1 Å². The van der Waals surface area contributed by atoms with Gasteiger partial charge in [0.15, 0.2) is 5.69 Å². The minimum Gasteiger partial charge on any atom is -0.494 e. The third-order valence-electron chi connectivity index (χ3n) is 5.88. The molecule has 4 rings (SSSR count). The number of carbonyl (C=O) groups is 1. The molecule has 1 unspecified atom stereocenters. The molecular weight excluding hydrogens is 474 g/mol. The van der Waals surface area contributed by atoms with Crippen LogP contribution < -0.4 is 15.9 Å². The highest BCUT2D eigenvalue weighted by atomic mass is 35.5. The Balaban J connectivity index is 0.00000342. The second kappa shape index (κ2) is 11.8. The molecule has 35 heavy (non-hydrogen) atoms. The van der Waals surface area contributed by atoms with Gasteiger partial charge < -0.3 is 10.5 Å². The Morgan fingerprint density at radius 2 is 2.06 bits per heavy atom. The van der Waals surface area contributed by atoms with Crippen LogP contribution in [-0.2, 0) is 6.54 Å². The first-order valence-corrected chi connectivity index (χ1v) is 11.3. The molecule has 1 aliphatic rings. The monoisotopic (exact) mass is 503 g/mol. The summed E-state index contributed by atoms with van der Waals surface area (Å²) < 4.78 is 11.6. The average molecular weight is 504 g/mol. The lowest BCUT2D eigenvalue weighted by atomic mass is 10.0. The fraction of sp³-hybridized carbons (Fsp3) is 0.455. The summed E-state index contributed by atoms with van der Waals surface area (Å²) in [6, 6.07) is 7.85. The van der Waals surface area contributed by atoms with Gasteiger partial charge in [0.05, 0.1) is 18.0 Å². The molecule has 1 saturated heterocycles. The number of carbonyl (C=O) groups excluding carboxylic acids is 1. The number of rotatable bonds is 8. The highest BCUT2D eigenvalue weighted by molar-refractivity contribution is 6.00. The van der Waals surface area contributed by atoms with E-state index in [1.807, 2.05) is 38.1 Å². The number of nitrogens with one attached hydrogen (secondary N) is 1. The van der Waals surface area contributed by atoms with Crippen LogP contribution in [0.3, 0.4) is 0 Å². The van der Waals surface area contributed by atoms with Crippen molar-refractivity contribution in [2.24, 2.45) is 5.10 Å². The first-order valence-electron chi connectivity index (χ1n) is 11.3. The Morgan fingerprint density at radius 1 is 1.29 bits per heavy atom. The standard InChI is InChI=1S/C22H29N9O3.ClH/c1-4-33-17-10-8-16(9-11-17)15(3)24-26-22(32)19-18(13-30-12-6-5-7-14(30)2)31(29-25-19)21-20(23)27-34-28-21;/h8-11,14H,4-7,12-13H2,1-3H3,(H2,23,27)(H,26,32);1H/b24-15-;. The van der Waals surface area contributed by atoms with Crippen LogP contribution in [-0.4, -0.2) is 61.0 Å². The van der Waals surface area contributed by atoms with E-state index in [2.05, 4.69) is 43.0 Å². The Hall–Kier alpha value is -3.51. The predicted molar refractivity (Wildman–Crippen MR) is 132 cm³/mol. The van der Waals surface area contributed by atoms with Crippen LogP contribution in [0.5, 0.6) is 5.75 Å². The molecule has 12 nitrogen and oxygen atoms in total. The zero-order valence-electron chi connectivity index (χ0n) is 20.0. The molecule has 3 aromatic rings. The minimum absolute atomic E-state index is 0. The second-order valence-electron chi connectivity index (χ2n) is 8.18. The molecule has 13 heteroatoms. The van der Waals surface area contributed by atoms with Gasteiger partial charge in [0.1, 0.15) is 5.75 Å². The number of ether oxygens (including phenoxy) is 1. The van der Waals surface area contributed by atoms with Crippen molar-refractivity contribution in [1.82, 2.24) is 35.6 Å². The van der Waals surface area contributed by atoms with E-state index in [-0.39, 0.29) is 29.7 Å². The number of likely N-dealkylation sites (tertiary alicyclic amines) is 1. The highest BCUT2D eigenvalue weighted by Gasteiger charge is 2.28. The summed E-state index contributed by atoms with van der Waals surface area (Å²) in [5.41, 5.74) is 10.7. The first kappa shape index (κ1) is 26.1. The Morgan fingerprint density at radius 3 is 2.71 bits per heavy atom. The second-order valence-corrected chi connectivity index (χ2v) is 8.18. The van der Waals surface area contributed by atoms with Crippen molar-refractivity contribution in [2.45, 2.75) is 52.6 Å². The zero-order chi connectivity index (χ0) is 24.1. The van der Waals surface area contributed by atoms with Crippen molar-refractivity contribution in [2.75, 3.05) is 18.9 Å². The number of nitrogens with zero attached hydrogens (tertiary/aromatic N) is 7. The van der Waals surface area contributed by atoms with Crippen molar-refractivity contribution in [3.8, 4) is 11.6 Å². The van der Waals surface area contributed by atoms with Crippen LogP contribution in [0.4, 0.5) is 5.82 Å². The number of aromatic nitrogens is 5. The summed E-state index contributed by atoms with van der Waals surface area (Å²) in [5, 5.41) is 19.9. The number of hydrogen-bond donors (Lipinski definition) is 2. The van der Waals surface area contributed by atoms with Gasteiger partial charge in [-0.05, 0) is 80.3 Å². The van der Waals surface area contributed by atoms with Crippen LogP contribution in [0.15, 0.2) is 34.0 Å². The SMILES string of the molecule is CCOc1ccc(/C(C)=N\NC(=O)c2nnn(-c3nonc3N)c2CN2CCCCC2C)cc1.Cl. The lowest BCUT2D eigenvalue weighted by molar-refractivity contribution is 0.0944. The van der Waals surface area contributed by atoms with Gasteiger partial charge in [-0.1, -0.05) is 11.6 Å². The summed E-state index contributed by atoms with van der Waals surface area (Å²) in [4.78, 5) is 15.4. The molecule has 1 fully saturated rings. The molecular formula is C22H30ClN9O3. The number of anilines is 1. The molecule has 0 radical (unpaired) electrons. The molecule has 0 spiro atoms. The van der Waals surface area contributed by atoms with Crippen molar-refractivity contribution in [3.05, 3.63) is 41.2 Å². The number of halogens is 1. The number of piperidine rings is 1. The molecule has 1 amide bonds. The minimum atomic E-state index is -0.480. The summed E-state index contributed by atoms with van der Waals surface area (Å²) in [6.45, 7) is 7.87. The number of amides is 1. The van der Waals surface area contributed by atoms with E-state index < -0.39 is 5.91 Å². The molecule has 0 bridgehead atoms. The van der Waals surface area contributed by atoms with Gasteiger partial charge in [0.2, 0.25) is 11.6 Å². The van der Waals surface area contributed by atoms with Gasteiger partial charge in [-0.25, -0.2) is 10.1 Å². The van der Waals surface area contributed by atoms with E-state index in [1.54, 1.807) is 0 Å². The average Bonchev–Trinajstić information content (AvgIpc) is 3.45. The third-order valence-corrected chi connectivity index (χ3v) is 5.88. The Bertz CT molecular complexity index is 1160. The summed E-state index contributed by atoms with van der Waals surface area (Å²) in [7, 11) is 0. The number of hydrogen-bond acceptors (Lipinski definition) is 10. The van der Waals surface area contributed by atoms with E-state index in [0.717, 1.165) is 30.7 Å². The molecule has 0 aliphatic carbocycles. The van der Waals surface area contributed by atoms with E-state index in [9.17, 15) is 4.79 Å². The predicted octanol–water partition coefficient (Wildman–Crippen LogP) is 2.58. The maximum absolute atomic E-state index is 13.1. The number of nitrogens with two attached hydrogens (primary N) is 1. The topological polar surface area (TPSA) is 150 Å². The van der Waals surface area contributed by atoms with E-state index >= 15 is 0 Å². The molecule has 3 N–H and O–H groups in total. The molecule has 3 heterocycles. The quantitative estimate of drug-likeness (QED) is 0.349. The van der Waals surface area contributed by atoms with Gasteiger partial charge in [-0.15, -0.1) is 17.5 Å². The number of benzene rings is 1. The van der Waals surface area contributed by atoms with Crippen LogP contribution in [0.25, 0.3) is 5.82 Å². The fourth-order valence-corrected chi connectivity index (χ4v) is 3.92. The van der Waals surface area contributed by atoms with Crippen molar-refractivity contribution in [1.29, 1.82) is 0 Å². The van der Waals surface area contributed by atoms with E-state index in [0.29, 0.717) is 30.6 Å². The van der Waals surface area contributed by atoms with Gasteiger partial charge in [-0.2, -0.15) is 9.78 Å². The van der Waals surface area contributed by atoms with Crippen LogP contribution in [0.2, 0.25) is 0 Å². The maximum atomic E-state index is 13.1. The summed E-state index contributed by atoms with van der Waals surface area (Å²) in [6.07, 6.45) is 3.36. The van der Waals surface area contributed by atoms with Crippen LogP contribution in [0, 0.1) is 0 Å². The van der Waals surface area contributed by atoms with Crippen molar-refractivity contribution >= 4 is 29.8 Å². The van der Waals surface area contributed by atoms with Crippen molar-refractivity contribution in [3.63, 3.8) is 0 Å². The highest BCUT2D eigenvalue weighted by Crippen LogP contribution is 2.23. The third kappa shape index (κ3) is 5.95. The first-order chi connectivity index (χ1) is 16.5. The van der Waals surface area contributed by atoms with Gasteiger partial charge >= 0.3 is 0 Å². The molecule has 1 aromatic carbocycles. The molecule has 1 atom stereocenters. The molecule has 1 aliphatic heterocycles. The lowest BCUT2D eigenvalue weighted by Gasteiger charge is -2.33. The van der Waals surface area contributed by atoms with Crippen molar-refractivity contribution < 1.29 is 14.2 Å². The maximum Gasteiger partial charge on any atom is 0.293 e. The van der Waals surface area contributed by atoms with Gasteiger partial charge in [0, 0.05) is 12.6 Å². The normalized spacial score (nSPS) is 16.5. The largest absolute Gasteiger partial charge is 0.494 e. The molecule has 188 valence electrons. The van der Waals surface area contributed by atoms with Crippen LogP contribution in [0.1, 0.15) is 61.8 Å². The number of nitrogen functional groups attached to an aromatic ring is 1. The van der Waals surface area contributed by atoms with Gasteiger partial charge in [-0.3, -0.25) is 9.69 Å². The fourth-order valence-electron chi connectivity index (χ4n) is 3.92. The Labute approximate surface area is 209 Å². The Kier molecular flexibility index (Phi) is 8.77. The molecule has 0 saturated carbocycles. The smallest absolute Gasteiger partial charge is 0.293 e.